The third-order valence-electron chi connectivity index (χ3n) is 3.00. The van der Waals surface area contributed by atoms with Crippen LogP contribution >= 0.6 is 0 Å². The van der Waals surface area contributed by atoms with Gasteiger partial charge in [-0.3, -0.25) is 0 Å². The summed E-state index contributed by atoms with van der Waals surface area (Å²) in [6, 6.07) is 10.6. The zero-order valence-corrected chi connectivity index (χ0v) is 11.2. The van der Waals surface area contributed by atoms with Gasteiger partial charge in [0.05, 0.1) is 0 Å². The normalized spacial score (nSPS) is 11.3. The summed E-state index contributed by atoms with van der Waals surface area (Å²) in [5, 5.41) is 10.3. The number of rotatable bonds is 5. The van der Waals surface area contributed by atoms with Gasteiger partial charge in [0.2, 0.25) is 0 Å². The number of nitrogens with one attached hydrogen (secondary N) is 2. The Morgan fingerprint density at radius 1 is 1.14 bits per heavy atom. The minimum absolute atomic E-state index is 0.0936. The Bertz CT molecular complexity index is 664. The van der Waals surface area contributed by atoms with Crippen LogP contribution in [-0.4, -0.2) is 6.21 Å². The molecule has 2 aromatic rings. The standard InChI is InChI=1S/C16H15F2N3/c17-13-4-6-14(7-5-13)21-10-12(9-20)15-3-1-2-11(8-19)16(15)18/h1-7,9-10,20-21H,8,19H2/b12-10+,20-9?. The van der Waals surface area contributed by atoms with E-state index in [0.717, 1.165) is 6.21 Å². The van der Waals surface area contributed by atoms with Crippen LogP contribution in [0.4, 0.5) is 14.5 Å². The zero-order valence-electron chi connectivity index (χ0n) is 11.2. The fraction of sp³-hybridized carbons (Fsp3) is 0.0625. The van der Waals surface area contributed by atoms with Gasteiger partial charge >= 0.3 is 0 Å². The van der Waals surface area contributed by atoms with Crippen molar-refractivity contribution in [2.24, 2.45) is 5.73 Å². The summed E-state index contributed by atoms with van der Waals surface area (Å²) in [6.07, 6.45) is 2.55. The molecule has 0 saturated carbocycles. The number of allylic oxidation sites excluding steroid dienone is 1. The molecule has 108 valence electrons. The SMILES string of the molecule is N=C/C(=C\Nc1ccc(F)cc1)c1cccc(CN)c1F. The summed E-state index contributed by atoms with van der Waals surface area (Å²) >= 11 is 0. The lowest BCUT2D eigenvalue weighted by molar-refractivity contribution is 0.607. The molecule has 0 aliphatic heterocycles. The highest BCUT2D eigenvalue weighted by molar-refractivity contribution is 6.08. The van der Waals surface area contributed by atoms with Crippen molar-refractivity contribution in [2.75, 3.05) is 5.32 Å². The monoisotopic (exact) mass is 287 g/mol. The molecule has 0 heterocycles. The quantitative estimate of drug-likeness (QED) is 0.737. The largest absolute Gasteiger partial charge is 0.361 e. The minimum atomic E-state index is -0.435. The van der Waals surface area contributed by atoms with E-state index in [1.54, 1.807) is 30.3 Å². The molecule has 2 rings (SSSR count). The third-order valence-corrected chi connectivity index (χ3v) is 3.00. The molecule has 0 radical (unpaired) electrons. The van der Waals surface area contributed by atoms with Gasteiger partial charge in [0.25, 0.3) is 0 Å². The zero-order chi connectivity index (χ0) is 15.2. The van der Waals surface area contributed by atoms with Gasteiger partial charge in [0.1, 0.15) is 11.6 Å². The van der Waals surface area contributed by atoms with Crippen molar-refractivity contribution in [1.29, 1.82) is 5.41 Å². The Morgan fingerprint density at radius 2 is 1.86 bits per heavy atom. The van der Waals surface area contributed by atoms with Gasteiger partial charge < -0.3 is 16.5 Å². The average Bonchev–Trinajstić information content (AvgIpc) is 2.51. The average molecular weight is 287 g/mol. The predicted octanol–water partition coefficient (Wildman–Crippen LogP) is 3.53. The molecule has 0 aliphatic carbocycles. The van der Waals surface area contributed by atoms with E-state index in [2.05, 4.69) is 5.32 Å². The Labute approximate surface area is 121 Å². The molecule has 2 aromatic carbocycles. The summed E-state index contributed by atoms with van der Waals surface area (Å²) in [5.41, 5.74) is 7.17. The third kappa shape index (κ3) is 3.52. The van der Waals surface area contributed by atoms with Crippen molar-refractivity contribution < 1.29 is 8.78 Å². The molecule has 0 fully saturated rings. The van der Waals surface area contributed by atoms with Crippen molar-refractivity contribution in [1.82, 2.24) is 0 Å². The molecule has 0 amide bonds. The molecule has 21 heavy (non-hydrogen) atoms. The van der Waals surface area contributed by atoms with Gasteiger partial charge in [-0.1, -0.05) is 18.2 Å². The maximum absolute atomic E-state index is 14.2. The second-order valence-electron chi connectivity index (χ2n) is 4.38. The van der Waals surface area contributed by atoms with Crippen molar-refractivity contribution in [3.63, 3.8) is 0 Å². The lowest BCUT2D eigenvalue weighted by atomic mass is 10.0. The van der Waals surface area contributed by atoms with Crippen LogP contribution in [0.15, 0.2) is 48.7 Å². The first kappa shape index (κ1) is 14.9. The fourth-order valence-electron chi connectivity index (χ4n) is 1.86. The molecule has 3 nitrogen and oxygen atoms in total. The van der Waals surface area contributed by atoms with Gasteiger partial charge in [0, 0.05) is 41.3 Å². The first-order valence-electron chi connectivity index (χ1n) is 6.36. The number of anilines is 1. The van der Waals surface area contributed by atoms with Crippen molar-refractivity contribution in [3.8, 4) is 0 Å². The number of hydrogen-bond acceptors (Lipinski definition) is 3. The van der Waals surface area contributed by atoms with Crippen LogP contribution in [0, 0.1) is 17.0 Å². The highest BCUT2D eigenvalue weighted by atomic mass is 19.1. The van der Waals surface area contributed by atoms with E-state index in [4.69, 9.17) is 11.1 Å². The van der Waals surface area contributed by atoms with Crippen LogP contribution in [0.5, 0.6) is 0 Å². The van der Waals surface area contributed by atoms with Crippen molar-refractivity contribution >= 4 is 17.5 Å². The minimum Gasteiger partial charge on any atom is -0.361 e. The number of halogens is 2. The molecule has 0 aromatic heterocycles. The van der Waals surface area contributed by atoms with Gasteiger partial charge in [-0.2, -0.15) is 0 Å². The molecule has 0 unspecified atom stereocenters. The Morgan fingerprint density at radius 3 is 2.48 bits per heavy atom. The van der Waals surface area contributed by atoms with Crippen LogP contribution in [-0.2, 0) is 6.54 Å². The molecule has 0 saturated heterocycles. The molecule has 4 N–H and O–H groups in total. The maximum atomic E-state index is 14.2. The Kier molecular flexibility index (Phi) is 4.79. The fourth-order valence-corrected chi connectivity index (χ4v) is 1.86. The Balaban J connectivity index is 2.29. The first-order chi connectivity index (χ1) is 10.2. The van der Waals surface area contributed by atoms with Crippen LogP contribution < -0.4 is 11.1 Å². The predicted molar refractivity (Wildman–Crippen MR) is 81.1 cm³/mol. The second-order valence-corrected chi connectivity index (χ2v) is 4.38. The lowest BCUT2D eigenvalue weighted by Gasteiger charge is -2.08. The van der Waals surface area contributed by atoms with E-state index in [0.29, 0.717) is 22.4 Å². The number of nitrogens with two attached hydrogens (primary N) is 1. The van der Waals surface area contributed by atoms with Crippen LogP contribution in [0.2, 0.25) is 0 Å². The van der Waals surface area contributed by atoms with E-state index in [1.807, 2.05) is 0 Å². The molecule has 0 atom stereocenters. The van der Waals surface area contributed by atoms with E-state index in [-0.39, 0.29) is 12.4 Å². The van der Waals surface area contributed by atoms with Crippen molar-refractivity contribution in [2.45, 2.75) is 6.54 Å². The highest BCUT2D eigenvalue weighted by Crippen LogP contribution is 2.20. The lowest BCUT2D eigenvalue weighted by Crippen LogP contribution is -2.03. The summed E-state index contributed by atoms with van der Waals surface area (Å²) in [6.45, 7) is 0.0936. The molecule has 0 aliphatic rings. The Hall–Kier alpha value is -2.53. The van der Waals surface area contributed by atoms with Crippen LogP contribution in [0.25, 0.3) is 5.57 Å². The summed E-state index contributed by atoms with van der Waals surface area (Å²) in [7, 11) is 0. The molecule has 0 bridgehead atoms. The van der Waals surface area contributed by atoms with Crippen LogP contribution in [0.1, 0.15) is 11.1 Å². The highest BCUT2D eigenvalue weighted by Gasteiger charge is 2.09. The topological polar surface area (TPSA) is 61.9 Å². The van der Waals surface area contributed by atoms with Gasteiger partial charge in [-0.05, 0) is 24.3 Å². The molecule has 0 spiro atoms. The molecule has 5 heteroatoms. The van der Waals surface area contributed by atoms with Gasteiger partial charge in [-0.25, -0.2) is 8.78 Å². The number of benzene rings is 2. The van der Waals surface area contributed by atoms with E-state index >= 15 is 0 Å². The summed E-state index contributed by atoms with van der Waals surface area (Å²) in [4.78, 5) is 0. The molecular weight excluding hydrogens is 272 g/mol. The smallest absolute Gasteiger partial charge is 0.135 e. The summed E-state index contributed by atoms with van der Waals surface area (Å²) < 4.78 is 27.0. The maximum Gasteiger partial charge on any atom is 0.135 e. The number of hydrogen-bond donors (Lipinski definition) is 3. The molecular formula is C16H15F2N3. The van der Waals surface area contributed by atoms with E-state index in [1.165, 1.54) is 18.3 Å². The van der Waals surface area contributed by atoms with Crippen LogP contribution in [0.3, 0.4) is 0 Å². The summed E-state index contributed by atoms with van der Waals surface area (Å²) in [5.74, 6) is -0.769. The van der Waals surface area contributed by atoms with E-state index < -0.39 is 5.82 Å². The second kappa shape index (κ2) is 6.76. The van der Waals surface area contributed by atoms with Gasteiger partial charge in [0.15, 0.2) is 0 Å². The van der Waals surface area contributed by atoms with Crippen molar-refractivity contribution in [3.05, 3.63) is 71.4 Å². The first-order valence-corrected chi connectivity index (χ1v) is 6.36. The van der Waals surface area contributed by atoms with Gasteiger partial charge in [-0.15, -0.1) is 0 Å². The van der Waals surface area contributed by atoms with E-state index in [9.17, 15) is 8.78 Å².